The van der Waals surface area contributed by atoms with E-state index in [1.807, 2.05) is 31.2 Å². The standard InChI is InChI=1S/C26H22FN3O2/c1-16-6-3-8-18(12-16)13-21-25-29-22(14-19-9-5-11-32-19)26(31)30(25)15-23(28-21)20-10-4-7-17(2)24(20)27/h3-12,15,22H,13-14H2,1-2H3/p+1. The first-order valence-corrected chi connectivity index (χ1v) is 10.6. The maximum absolute atomic E-state index is 14.9. The van der Waals surface area contributed by atoms with E-state index in [-0.39, 0.29) is 11.7 Å². The summed E-state index contributed by atoms with van der Waals surface area (Å²) >= 11 is 0. The van der Waals surface area contributed by atoms with Gasteiger partial charge in [0.25, 0.3) is 0 Å². The maximum Gasteiger partial charge on any atom is 0.359 e. The highest BCUT2D eigenvalue weighted by Gasteiger charge is 2.41. The molecule has 5 nitrogen and oxygen atoms in total. The van der Waals surface area contributed by atoms with Crippen molar-refractivity contribution in [2.45, 2.75) is 32.7 Å². The SMILES string of the molecule is Cc1cccc(Cc2nc(-c3cccc(C)c3F)c[n+]3c2NC(Cc2ccco2)C3=O)c1. The van der Waals surface area contributed by atoms with E-state index in [1.165, 1.54) is 0 Å². The molecule has 5 rings (SSSR count). The van der Waals surface area contributed by atoms with Crippen LogP contribution in [0.4, 0.5) is 10.2 Å². The summed E-state index contributed by atoms with van der Waals surface area (Å²) in [6.45, 7) is 3.76. The number of furan rings is 1. The van der Waals surface area contributed by atoms with Crippen LogP contribution >= 0.6 is 0 Å². The molecule has 1 atom stereocenters. The second kappa shape index (κ2) is 8.04. The van der Waals surface area contributed by atoms with E-state index in [9.17, 15) is 9.18 Å². The van der Waals surface area contributed by atoms with Crippen molar-refractivity contribution >= 4 is 11.7 Å². The highest BCUT2D eigenvalue weighted by atomic mass is 19.1. The summed E-state index contributed by atoms with van der Waals surface area (Å²) in [4.78, 5) is 18.1. The van der Waals surface area contributed by atoms with Crippen molar-refractivity contribution in [3.63, 3.8) is 0 Å². The van der Waals surface area contributed by atoms with E-state index in [1.54, 1.807) is 48.2 Å². The van der Waals surface area contributed by atoms with Gasteiger partial charge in [-0.3, -0.25) is 5.32 Å². The van der Waals surface area contributed by atoms with Crippen LogP contribution in [0.25, 0.3) is 11.3 Å². The number of nitrogens with one attached hydrogen (secondary N) is 1. The van der Waals surface area contributed by atoms with Gasteiger partial charge < -0.3 is 4.42 Å². The lowest BCUT2D eigenvalue weighted by atomic mass is 10.1. The normalized spacial score (nSPS) is 15.0. The number of hydrogen-bond acceptors (Lipinski definition) is 4. The fourth-order valence-electron chi connectivity index (χ4n) is 4.16. The molecule has 3 heterocycles. The van der Waals surface area contributed by atoms with Crippen molar-refractivity contribution in [1.82, 2.24) is 4.98 Å². The Morgan fingerprint density at radius 1 is 1.12 bits per heavy atom. The number of aromatic nitrogens is 2. The predicted octanol–water partition coefficient (Wildman–Crippen LogP) is 4.65. The Morgan fingerprint density at radius 3 is 2.75 bits per heavy atom. The fourth-order valence-corrected chi connectivity index (χ4v) is 4.16. The molecular formula is C26H23FN3O2+. The molecule has 6 heteroatoms. The summed E-state index contributed by atoms with van der Waals surface area (Å²) in [7, 11) is 0. The zero-order valence-corrected chi connectivity index (χ0v) is 17.9. The van der Waals surface area contributed by atoms with Crippen molar-refractivity contribution in [3.05, 3.63) is 101 Å². The molecule has 2 aromatic heterocycles. The Bertz CT molecular complexity index is 1310. The molecule has 0 bridgehead atoms. The molecule has 0 radical (unpaired) electrons. The third kappa shape index (κ3) is 3.68. The number of rotatable bonds is 5. The van der Waals surface area contributed by atoms with Gasteiger partial charge in [0.2, 0.25) is 6.04 Å². The van der Waals surface area contributed by atoms with Crippen molar-refractivity contribution < 1.29 is 18.2 Å². The van der Waals surface area contributed by atoms with Gasteiger partial charge in [-0.2, -0.15) is 4.57 Å². The van der Waals surface area contributed by atoms with Gasteiger partial charge in [0.15, 0.2) is 0 Å². The molecule has 0 saturated carbocycles. The number of carbonyl (C=O) groups is 1. The van der Waals surface area contributed by atoms with Crippen LogP contribution in [0.3, 0.4) is 0 Å². The molecule has 1 unspecified atom stereocenters. The molecule has 4 aromatic rings. The van der Waals surface area contributed by atoms with Crippen LogP contribution in [-0.4, -0.2) is 16.9 Å². The second-order valence-corrected chi connectivity index (χ2v) is 8.21. The average Bonchev–Trinajstić information content (AvgIpc) is 3.39. The minimum absolute atomic E-state index is 0.112. The second-order valence-electron chi connectivity index (χ2n) is 8.21. The van der Waals surface area contributed by atoms with Crippen molar-refractivity contribution in [1.29, 1.82) is 0 Å². The van der Waals surface area contributed by atoms with E-state index < -0.39 is 6.04 Å². The molecule has 32 heavy (non-hydrogen) atoms. The molecule has 1 aliphatic rings. The Morgan fingerprint density at radius 2 is 1.97 bits per heavy atom. The topological polar surface area (TPSA) is 59.0 Å². The lowest BCUT2D eigenvalue weighted by molar-refractivity contribution is -0.552. The van der Waals surface area contributed by atoms with E-state index in [0.29, 0.717) is 41.2 Å². The molecule has 0 saturated heterocycles. The molecular weight excluding hydrogens is 405 g/mol. The number of fused-ring (bicyclic) bond motifs is 1. The van der Waals surface area contributed by atoms with E-state index in [4.69, 9.17) is 9.40 Å². The number of aryl methyl sites for hydroxylation is 2. The monoisotopic (exact) mass is 428 g/mol. The van der Waals surface area contributed by atoms with Crippen molar-refractivity contribution in [3.8, 4) is 11.3 Å². The van der Waals surface area contributed by atoms with Crippen LogP contribution in [0.15, 0.2) is 71.5 Å². The fraction of sp³-hybridized carbons (Fsp3) is 0.192. The molecule has 160 valence electrons. The Hall–Kier alpha value is -3.80. The first-order valence-electron chi connectivity index (χ1n) is 10.6. The van der Waals surface area contributed by atoms with E-state index >= 15 is 0 Å². The van der Waals surface area contributed by atoms with Gasteiger partial charge in [-0.1, -0.05) is 42.0 Å². The zero-order valence-electron chi connectivity index (χ0n) is 17.9. The highest BCUT2D eigenvalue weighted by Crippen LogP contribution is 2.27. The number of hydrogen-bond donors (Lipinski definition) is 1. The number of carbonyl (C=O) groups excluding carboxylic acids is 1. The quantitative estimate of drug-likeness (QED) is 0.470. The average molecular weight is 428 g/mol. The number of nitrogens with zero attached hydrogens (tertiary/aromatic N) is 2. The van der Waals surface area contributed by atoms with Crippen molar-refractivity contribution in [2.24, 2.45) is 0 Å². The Kier molecular flexibility index (Phi) is 5.05. The van der Waals surface area contributed by atoms with E-state index in [0.717, 1.165) is 16.9 Å². The third-order valence-electron chi connectivity index (χ3n) is 5.77. The molecule has 0 aliphatic carbocycles. The first kappa shape index (κ1) is 20.1. The minimum Gasteiger partial charge on any atom is -0.469 e. The van der Waals surface area contributed by atoms with Crippen LogP contribution in [0.2, 0.25) is 0 Å². The number of anilines is 1. The molecule has 0 fully saturated rings. The van der Waals surface area contributed by atoms with Gasteiger partial charge in [0.1, 0.15) is 29.2 Å². The predicted molar refractivity (Wildman–Crippen MR) is 119 cm³/mol. The third-order valence-corrected chi connectivity index (χ3v) is 5.77. The first-order chi connectivity index (χ1) is 15.5. The van der Waals surface area contributed by atoms with Gasteiger partial charge in [0.05, 0.1) is 12.7 Å². The van der Waals surface area contributed by atoms with Gasteiger partial charge in [-0.15, -0.1) is 0 Å². The summed E-state index contributed by atoms with van der Waals surface area (Å²) in [5.74, 6) is 0.929. The van der Waals surface area contributed by atoms with Gasteiger partial charge in [-0.25, -0.2) is 14.2 Å². The molecule has 2 aromatic carbocycles. The molecule has 1 aliphatic heterocycles. The van der Waals surface area contributed by atoms with Gasteiger partial charge in [0, 0.05) is 12.0 Å². The lowest BCUT2D eigenvalue weighted by Gasteiger charge is -2.09. The molecule has 1 N–H and O–H groups in total. The summed E-state index contributed by atoms with van der Waals surface area (Å²) in [6, 6.07) is 16.6. The maximum atomic E-state index is 14.9. The number of benzene rings is 2. The van der Waals surface area contributed by atoms with Crippen LogP contribution in [0, 0.1) is 19.7 Å². The summed E-state index contributed by atoms with van der Waals surface area (Å²) in [6.07, 6.45) is 4.17. The molecule has 0 amide bonds. The largest absolute Gasteiger partial charge is 0.469 e. The van der Waals surface area contributed by atoms with Gasteiger partial charge in [-0.05, 0) is 43.2 Å². The van der Waals surface area contributed by atoms with Crippen LogP contribution in [0.5, 0.6) is 0 Å². The van der Waals surface area contributed by atoms with Crippen LogP contribution < -0.4 is 9.88 Å². The van der Waals surface area contributed by atoms with Crippen LogP contribution in [0.1, 0.15) is 32.9 Å². The Balaban J connectivity index is 1.60. The summed E-state index contributed by atoms with van der Waals surface area (Å²) in [5, 5.41) is 3.33. The molecule has 0 spiro atoms. The van der Waals surface area contributed by atoms with E-state index in [2.05, 4.69) is 11.4 Å². The Labute approximate surface area is 185 Å². The smallest absolute Gasteiger partial charge is 0.359 e. The van der Waals surface area contributed by atoms with Crippen LogP contribution in [-0.2, 0) is 12.8 Å². The number of halogens is 1. The summed E-state index contributed by atoms with van der Waals surface area (Å²) < 4.78 is 21.9. The van der Waals surface area contributed by atoms with Gasteiger partial charge >= 0.3 is 11.7 Å². The van der Waals surface area contributed by atoms with Crippen molar-refractivity contribution in [2.75, 3.05) is 5.32 Å². The zero-order chi connectivity index (χ0) is 22.2. The minimum atomic E-state index is -0.475. The summed E-state index contributed by atoms with van der Waals surface area (Å²) in [5.41, 5.74) is 4.28. The highest BCUT2D eigenvalue weighted by molar-refractivity contribution is 5.82. The lowest BCUT2D eigenvalue weighted by Crippen LogP contribution is -2.44.